The number of rotatable bonds is 2. The third kappa shape index (κ3) is 2.41. The van der Waals surface area contributed by atoms with Crippen molar-refractivity contribution in [2.24, 2.45) is 5.73 Å². The van der Waals surface area contributed by atoms with Gasteiger partial charge in [-0.15, -0.1) is 0 Å². The predicted octanol–water partition coefficient (Wildman–Crippen LogP) is 3.95. The van der Waals surface area contributed by atoms with Crippen LogP contribution in [0.25, 0.3) is 0 Å². The van der Waals surface area contributed by atoms with Gasteiger partial charge in [-0.05, 0) is 25.3 Å². The summed E-state index contributed by atoms with van der Waals surface area (Å²) in [5.41, 5.74) is 5.31. The van der Waals surface area contributed by atoms with E-state index in [9.17, 15) is 17.6 Å². The molecule has 98 valence electrons. The van der Waals surface area contributed by atoms with Gasteiger partial charge in [-0.2, -0.15) is 13.2 Å². The van der Waals surface area contributed by atoms with Crippen LogP contribution in [0.5, 0.6) is 0 Å². The molecule has 0 amide bonds. The van der Waals surface area contributed by atoms with Crippen molar-refractivity contribution in [2.75, 3.05) is 0 Å². The van der Waals surface area contributed by atoms with Crippen molar-refractivity contribution in [3.63, 3.8) is 0 Å². The lowest BCUT2D eigenvalue weighted by atomic mass is 9.96. The highest BCUT2D eigenvalue weighted by molar-refractivity contribution is 5.35. The number of benzene rings is 1. The maximum atomic E-state index is 13.8. The summed E-state index contributed by atoms with van der Waals surface area (Å²) in [5, 5.41) is 0. The van der Waals surface area contributed by atoms with Gasteiger partial charge in [0.2, 0.25) is 0 Å². The van der Waals surface area contributed by atoms with Crippen LogP contribution >= 0.6 is 0 Å². The molecule has 1 nitrogen and oxygen atoms in total. The van der Waals surface area contributed by atoms with Crippen LogP contribution in [0, 0.1) is 5.82 Å². The second-order valence-electron chi connectivity index (χ2n) is 4.36. The lowest BCUT2D eigenvalue weighted by Gasteiger charge is -2.17. The Balaban J connectivity index is 2.40. The lowest BCUT2D eigenvalue weighted by Crippen LogP contribution is -2.17. The molecule has 1 aliphatic rings. The summed E-state index contributed by atoms with van der Waals surface area (Å²) in [4.78, 5) is 0. The van der Waals surface area contributed by atoms with Crippen molar-refractivity contribution >= 4 is 0 Å². The van der Waals surface area contributed by atoms with Gasteiger partial charge in [-0.1, -0.05) is 23.8 Å². The zero-order valence-corrected chi connectivity index (χ0v) is 9.60. The Kier molecular flexibility index (Phi) is 3.43. The fourth-order valence-corrected chi connectivity index (χ4v) is 2.19. The van der Waals surface area contributed by atoms with E-state index in [0.717, 1.165) is 30.9 Å². The van der Waals surface area contributed by atoms with Crippen LogP contribution < -0.4 is 5.73 Å². The number of halogens is 4. The molecule has 0 spiro atoms. The van der Waals surface area contributed by atoms with Gasteiger partial charge >= 0.3 is 6.18 Å². The van der Waals surface area contributed by atoms with Gasteiger partial charge in [0.05, 0.1) is 11.6 Å². The molecule has 2 N–H and O–H groups in total. The molecule has 0 saturated carbocycles. The SMILES string of the molecule is NC(C1=CCCC1)c1cccc(C(F)(F)F)c1F. The monoisotopic (exact) mass is 259 g/mol. The maximum absolute atomic E-state index is 13.8. The van der Waals surface area contributed by atoms with Crippen LogP contribution in [0.4, 0.5) is 17.6 Å². The molecule has 0 saturated heterocycles. The summed E-state index contributed by atoms with van der Waals surface area (Å²) < 4.78 is 51.6. The lowest BCUT2D eigenvalue weighted by molar-refractivity contribution is -0.140. The summed E-state index contributed by atoms with van der Waals surface area (Å²) >= 11 is 0. The molecule has 1 aliphatic carbocycles. The van der Waals surface area contributed by atoms with Crippen LogP contribution in [0.15, 0.2) is 29.8 Å². The van der Waals surface area contributed by atoms with Gasteiger partial charge in [-0.3, -0.25) is 0 Å². The van der Waals surface area contributed by atoms with E-state index in [-0.39, 0.29) is 5.56 Å². The number of allylic oxidation sites excluding steroid dienone is 1. The van der Waals surface area contributed by atoms with E-state index in [4.69, 9.17) is 5.73 Å². The third-order valence-electron chi connectivity index (χ3n) is 3.14. The first kappa shape index (κ1) is 13.1. The fraction of sp³-hybridized carbons (Fsp3) is 0.385. The Hall–Kier alpha value is -1.36. The van der Waals surface area contributed by atoms with E-state index in [0.29, 0.717) is 0 Å². The van der Waals surface area contributed by atoms with Crippen molar-refractivity contribution in [3.05, 3.63) is 46.8 Å². The third-order valence-corrected chi connectivity index (χ3v) is 3.14. The number of nitrogens with two attached hydrogens (primary N) is 1. The van der Waals surface area contributed by atoms with Crippen LogP contribution in [-0.4, -0.2) is 0 Å². The minimum absolute atomic E-state index is 0.0852. The molecule has 0 aliphatic heterocycles. The van der Waals surface area contributed by atoms with Crippen molar-refractivity contribution in [2.45, 2.75) is 31.5 Å². The van der Waals surface area contributed by atoms with Crippen LogP contribution in [0.2, 0.25) is 0 Å². The summed E-state index contributed by atoms with van der Waals surface area (Å²) in [6.07, 6.45) is -0.321. The summed E-state index contributed by atoms with van der Waals surface area (Å²) in [6, 6.07) is 2.45. The zero-order valence-electron chi connectivity index (χ0n) is 9.60. The van der Waals surface area contributed by atoms with E-state index in [1.54, 1.807) is 0 Å². The van der Waals surface area contributed by atoms with E-state index >= 15 is 0 Å². The fourth-order valence-electron chi connectivity index (χ4n) is 2.19. The number of alkyl halides is 3. The molecule has 5 heteroatoms. The van der Waals surface area contributed by atoms with Crippen molar-refractivity contribution < 1.29 is 17.6 Å². The van der Waals surface area contributed by atoms with Gasteiger partial charge in [-0.25, -0.2) is 4.39 Å². The molecule has 1 aromatic rings. The minimum atomic E-state index is -4.69. The summed E-state index contributed by atoms with van der Waals surface area (Å²) in [5.74, 6) is -1.26. The first-order valence-corrected chi connectivity index (χ1v) is 5.71. The summed E-state index contributed by atoms with van der Waals surface area (Å²) in [7, 11) is 0. The van der Waals surface area contributed by atoms with Crippen LogP contribution in [-0.2, 0) is 6.18 Å². The molecular formula is C13H13F4N. The van der Waals surface area contributed by atoms with Crippen LogP contribution in [0.1, 0.15) is 36.4 Å². The van der Waals surface area contributed by atoms with E-state index in [1.165, 1.54) is 12.1 Å². The molecule has 0 fully saturated rings. The van der Waals surface area contributed by atoms with Crippen molar-refractivity contribution in [1.82, 2.24) is 0 Å². The van der Waals surface area contributed by atoms with Crippen molar-refractivity contribution in [1.29, 1.82) is 0 Å². The van der Waals surface area contributed by atoms with Gasteiger partial charge in [0.1, 0.15) is 5.82 Å². The standard InChI is InChI=1S/C13H13F4N/c14-11-9(12(18)8-4-1-2-5-8)6-3-7-10(11)13(15,16)17/h3-4,6-7,12H,1-2,5,18H2. The highest BCUT2D eigenvalue weighted by atomic mass is 19.4. The molecule has 1 unspecified atom stereocenters. The van der Waals surface area contributed by atoms with E-state index < -0.39 is 23.6 Å². The van der Waals surface area contributed by atoms with Gasteiger partial charge in [0.15, 0.2) is 0 Å². The molecule has 0 radical (unpaired) electrons. The number of hydrogen-bond acceptors (Lipinski definition) is 1. The van der Waals surface area contributed by atoms with Crippen molar-refractivity contribution in [3.8, 4) is 0 Å². The van der Waals surface area contributed by atoms with Gasteiger partial charge < -0.3 is 5.73 Å². The Bertz CT molecular complexity index is 476. The Morgan fingerprint density at radius 2 is 1.94 bits per heavy atom. The average Bonchev–Trinajstić information content (AvgIpc) is 2.80. The Labute approximate surface area is 102 Å². The second-order valence-corrected chi connectivity index (χ2v) is 4.36. The second kappa shape index (κ2) is 4.72. The highest BCUT2D eigenvalue weighted by Crippen LogP contribution is 2.36. The van der Waals surface area contributed by atoms with E-state index in [1.807, 2.05) is 6.08 Å². The topological polar surface area (TPSA) is 26.0 Å². The van der Waals surface area contributed by atoms with Gasteiger partial charge in [0.25, 0.3) is 0 Å². The Morgan fingerprint density at radius 1 is 1.22 bits per heavy atom. The quantitative estimate of drug-likeness (QED) is 0.631. The largest absolute Gasteiger partial charge is 0.419 e. The minimum Gasteiger partial charge on any atom is -0.320 e. The first-order valence-electron chi connectivity index (χ1n) is 5.71. The number of hydrogen-bond donors (Lipinski definition) is 1. The molecule has 1 aromatic carbocycles. The molecule has 0 heterocycles. The molecular weight excluding hydrogens is 246 g/mol. The molecule has 1 atom stereocenters. The smallest absolute Gasteiger partial charge is 0.320 e. The van der Waals surface area contributed by atoms with Crippen LogP contribution in [0.3, 0.4) is 0 Å². The first-order chi connectivity index (χ1) is 8.41. The molecule has 0 aromatic heterocycles. The molecule has 0 bridgehead atoms. The zero-order chi connectivity index (χ0) is 13.3. The normalized spacial score (nSPS) is 17.7. The van der Waals surface area contributed by atoms with Gasteiger partial charge in [0, 0.05) is 5.56 Å². The summed E-state index contributed by atoms with van der Waals surface area (Å²) in [6.45, 7) is 0. The molecule has 18 heavy (non-hydrogen) atoms. The molecule has 2 rings (SSSR count). The highest BCUT2D eigenvalue weighted by Gasteiger charge is 2.35. The average molecular weight is 259 g/mol. The Morgan fingerprint density at radius 3 is 2.50 bits per heavy atom. The predicted molar refractivity (Wildman–Crippen MR) is 60.3 cm³/mol. The van der Waals surface area contributed by atoms with E-state index in [2.05, 4.69) is 0 Å². The maximum Gasteiger partial charge on any atom is 0.419 e.